The topological polar surface area (TPSA) is 25.8 Å². The fourth-order valence-corrected chi connectivity index (χ4v) is 12.7. The van der Waals surface area contributed by atoms with Crippen LogP contribution in [0.1, 0.15) is 125 Å². The highest BCUT2D eigenvalue weighted by atomic mass is 32.1. The van der Waals surface area contributed by atoms with Crippen LogP contribution >= 0.6 is 22.7 Å². The number of rotatable bonds is 17. The van der Waals surface area contributed by atoms with Crippen molar-refractivity contribution in [3.63, 3.8) is 0 Å². The average Bonchev–Trinajstić information content (AvgIpc) is 4.05. The minimum absolute atomic E-state index is 0.0536. The zero-order valence-electron chi connectivity index (χ0n) is 37.7. The molecule has 2 nitrogen and oxygen atoms in total. The number of aryl methyl sites for hydroxylation is 2. The van der Waals surface area contributed by atoms with E-state index in [9.17, 15) is 0 Å². The Labute approximate surface area is 382 Å². The van der Waals surface area contributed by atoms with E-state index in [2.05, 4.69) is 149 Å². The van der Waals surface area contributed by atoms with Gasteiger partial charge < -0.3 is 0 Å². The van der Waals surface area contributed by atoms with E-state index in [-0.39, 0.29) is 5.41 Å². The molecular weight excluding hydrogens is 801 g/mol. The summed E-state index contributed by atoms with van der Waals surface area (Å²) in [5.74, 6) is 0. The van der Waals surface area contributed by atoms with Gasteiger partial charge in [-0.05, 0) is 95.6 Å². The van der Waals surface area contributed by atoms with Gasteiger partial charge in [-0.25, -0.2) is 9.97 Å². The number of hydrogen-bond donors (Lipinski definition) is 0. The maximum Gasteiger partial charge on any atom is 0.0988 e. The molecule has 0 aliphatic heterocycles. The van der Waals surface area contributed by atoms with Gasteiger partial charge in [-0.1, -0.05) is 187 Å². The number of benzene rings is 6. The van der Waals surface area contributed by atoms with E-state index >= 15 is 0 Å². The molecule has 0 saturated carbocycles. The van der Waals surface area contributed by atoms with Crippen molar-refractivity contribution in [3.8, 4) is 42.4 Å². The van der Waals surface area contributed by atoms with E-state index in [1.165, 1.54) is 142 Å². The molecule has 0 N–H and O–H groups in total. The second-order valence-electron chi connectivity index (χ2n) is 18.4. The Bertz CT molecular complexity index is 3080. The molecular formula is C59H60N2S2. The number of thiophene rings is 2. The van der Waals surface area contributed by atoms with Gasteiger partial charge in [-0.3, -0.25) is 0 Å². The Morgan fingerprint density at radius 3 is 1.46 bits per heavy atom. The average molecular weight is 861 g/mol. The maximum absolute atomic E-state index is 5.66. The second kappa shape index (κ2) is 18.1. The Morgan fingerprint density at radius 2 is 0.889 bits per heavy atom. The standard InChI is InChI=1S/C59H60N2S2/c1-5-7-9-11-13-19-35-59(36-20-14-12-10-8-6-2)50-37-39(3)25-28-44(50)45-29-27-41(38-51(45)59)52-33-34-54(63-52)49-31-30-48(53-32-26-40(4)62-53)57-58(49)61-56-47-24-18-16-22-43(47)42-21-15-17-23-46(42)55(56)60-57/h15-18,21-34,37-38H,5-14,19-20,35-36H2,1-4H3. The van der Waals surface area contributed by atoms with E-state index < -0.39 is 0 Å². The van der Waals surface area contributed by atoms with Crippen LogP contribution < -0.4 is 0 Å². The van der Waals surface area contributed by atoms with Crippen molar-refractivity contribution in [1.82, 2.24) is 9.97 Å². The summed E-state index contributed by atoms with van der Waals surface area (Å²) in [6.45, 7) is 9.12. The summed E-state index contributed by atoms with van der Waals surface area (Å²) < 4.78 is 0. The van der Waals surface area contributed by atoms with E-state index in [0.717, 1.165) is 44.0 Å². The lowest BCUT2D eigenvalue weighted by Crippen LogP contribution is -2.25. The first-order chi connectivity index (χ1) is 31.0. The van der Waals surface area contributed by atoms with Crippen molar-refractivity contribution >= 4 is 66.3 Å². The molecule has 0 atom stereocenters. The van der Waals surface area contributed by atoms with Crippen LogP contribution in [-0.4, -0.2) is 9.97 Å². The summed E-state index contributed by atoms with van der Waals surface area (Å²) in [4.78, 5) is 16.3. The molecule has 3 aromatic heterocycles. The molecule has 9 aromatic rings. The minimum atomic E-state index is 0.0536. The third-order valence-corrected chi connectivity index (χ3v) is 16.3. The van der Waals surface area contributed by atoms with Crippen LogP contribution in [0.15, 0.2) is 121 Å². The van der Waals surface area contributed by atoms with Crippen LogP contribution in [0.2, 0.25) is 0 Å². The molecule has 0 bridgehead atoms. The maximum atomic E-state index is 5.66. The molecule has 10 rings (SSSR count). The van der Waals surface area contributed by atoms with Crippen molar-refractivity contribution in [2.75, 3.05) is 0 Å². The SMILES string of the molecule is CCCCCCCCC1(CCCCCCCC)c2cc(C)ccc2-c2ccc(-c3ccc(-c4ccc(-c5ccc(C)s5)c5nc6c7ccccc7c7ccccc7c6nc45)s3)cc21. The number of hydrogen-bond acceptors (Lipinski definition) is 4. The number of nitrogens with zero attached hydrogens (tertiary/aromatic N) is 2. The van der Waals surface area contributed by atoms with Gasteiger partial charge in [0.1, 0.15) is 0 Å². The quantitative estimate of drug-likeness (QED) is 0.0518. The summed E-state index contributed by atoms with van der Waals surface area (Å²) in [7, 11) is 0. The lowest BCUT2D eigenvalue weighted by molar-refractivity contribution is 0.398. The van der Waals surface area contributed by atoms with Gasteiger partial charge in [0.25, 0.3) is 0 Å². The molecule has 3 heterocycles. The summed E-state index contributed by atoms with van der Waals surface area (Å²) in [5, 5.41) is 4.74. The number of unbranched alkanes of at least 4 members (excludes halogenated alkanes) is 10. The zero-order valence-corrected chi connectivity index (χ0v) is 39.3. The van der Waals surface area contributed by atoms with E-state index in [1.54, 1.807) is 11.1 Å². The van der Waals surface area contributed by atoms with Gasteiger partial charge in [0.15, 0.2) is 0 Å². The van der Waals surface area contributed by atoms with Crippen molar-refractivity contribution in [2.24, 2.45) is 0 Å². The largest absolute Gasteiger partial charge is 0.243 e. The fraction of sp³-hybridized carbons (Fsp3) is 0.322. The minimum Gasteiger partial charge on any atom is -0.243 e. The first-order valence-electron chi connectivity index (χ1n) is 23.9. The lowest BCUT2D eigenvalue weighted by atomic mass is 9.70. The van der Waals surface area contributed by atoms with Crippen LogP contribution in [0.25, 0.3) is 86.1 Å². The van der Waals surface area contributed by atoms with Crippen LogP contribution in [0.3, 0.4) is 0 Å². The molecule has 1 aliphatic carbocycles. The van der Waals surface area contributed by atoms with Crippen LogP contribution in [0, 0.1) is 13.8 Å². The van der Waals surface area contributed by atoms with Crippen molar-refractivity contribution in [3.05, 3.63) is 143 Å². The van der Waals surface area contributed by atoms with Gasteiger partial charge in [-0.2, -0.15) is 0 Å². The van der Waals surface area contributed by atoms with Crippen LogP contribution in [0.5, 0.6) is 0 Å². The van der Waals surface area contributed by atoms with Gasteiger partial charge in [0, 0.05) is 46.8 Å². The normalized spacial score (nSPS) is 13.1. The van der Waals surface area contributed by atoms with E-state index in [0.29, 0.717) is 0 Å². The molecule has 0 saturated heterocycles. The Hall–Kier alpha value is -5.16. The molecule has 6 aromatic carbocycles. The molecule has 0 fully saturated rings. The summed E-state index contributed by atoms with van der Waals surface area (Å²) >= 11 is 3.72. The Kier molecular flexibility index (Phi) is 12.0. The first kappa shape index (κ1) is 41.8. The van der Waals surface area contributed by atoms with Gasteiger partial charge in [0.05, 0.1) is 22.1 Å². The highest BCUT2D eigenvalue weighted by Crippen LogP contribution is 2.56. The van der Waals surface area contributed by atoms with Crippen LogP contribution in [0.4, 0.5) is 0 Å². The predicted octanol–water partition coefficient (Wildman–Crippen LogP) is 18.6. The van der Waals surface area contributed by atoms with Crippen molar-refractivity contribution < 1.29 is 0 Å². The predicted molar refractivity (Wildman–Crippen MR) is 276 cm³/mol. The highest BCUT2D eigenvalue weighted by Gasteiger charge is 2.42. The van der Waals surface area contributed by atoms with Crippen molar-refractivity contribution in [1.29, 1.82) is 0 Å². The fourth-order valence-electron chi connectivity index (χ4n) is 10.8. The zero-order chi connectivity index (χ0) is 42.9. The molecule has 0 unspecified atom stereocenters. The lowest BCUT2D eigenvalue weighted by Gasteiger charge is -2.33. The first-order valence-corrected chi connectivity index (χ1v) is 25.6. The number of aromatic nitrogens is 2. The Balaban J connectivity index is 1.08. The molecule has 0 spiro atoms. The van der Waals surface area contributed by atoms with Crippen molar-refractivity contribution in [2.45, 2.75) is 123 Å². The molecule has 0 radical (unpaired) electrons. The monoisotopic (exact) mass is 860 g/mol. The molecule has 1 aliphatic rings. The van der Waals surface area contributed by atoms with Crippen LogP contribution in [-0.2, 0) is 5.41 Å². The highest BCUT2D eigenvalue weighted by molar-refractivity contribution is 7.19. The summed E-state index contributed by atoms with van der Waals surface area (Å²) in [6, 6.07) is 45.9. The summed E-state index contributed by atoms with van der Waals surface area (Å²) in [5.41, 5.74) is 15.0. The third-order valence-electron chi connectivity index (χ3n) is 14.1. The van der Waals surface area contributed by atoms with Gasteiger partial charge in [-0.15, -0.1) is 22.7 Å². The molecule has 4 heteroatoms. The third kappa shape index (κ3) is 7.82. The van der Waals surface area contributed by atoms with Gasteiger partial charge >= 0.3 is 0 Å². The molecule has 0 amide bonds. The summed E-state index contributed by atoms with van der Waals surface area (Å²) in [6.07, 6.45) is 18.4. The van der Waals surface area contributed by atoms with Gasteiger partial charge in [0.2, 0.25) is 0 Å². The smallest absolute Gasteiger partial charge is 0.0988 e. The van der Waals surface area contributed by atoms with E-state index in [4.69, 9.17) is 9.97 Å². The molecule has 318 valence electrons. The van der Waals surface area contributed by atoms with E-state index in [1.807, 2.05) is 22.7 Å². The number of fused-ring (bicyclic) bond motifs is 10. The molecule has 63 heavy (non-hydrogen) atoms. The Morgan fingerprint density at radius 1 is 0.413 bits per heavy atom. The second-order valence-corrected chi connectivity index (χ2v) is 20.7.